The lowest BCUT2D eigenvalue weighted by atomic mass is 10.2. The molecule has 0 aromatic heterocycles. The fraction of sp³-hybridized carbons (Fsp3) is 0.385. The van der Waals surface area contributed by atoms with Crippen molar-refractivity contribution in [2.75, 3.05) is 13.7 Å². The van der Waals surface area contributed by atoms with Crippen molar-refractivity contribution in [3.05, 3.63) is 35.4 Å². The van der Waals surface area contributed by atoms with Gasteiger partial charge in [-0.05, 0) is 31.6 Å². The maximum Gasteiger partial charge on any atom is 0.187 e. The highest BCUT2D eigenvalue weighted by atomic mass is 32.1. The van der Waals surface area contributed by atoms with Crippen molar-refractivity contribution in [3.8, 4) is 0 Å². The summed E-state index contributed by atoms with van der Waals surface area (Å²) >= 11 is 5.09. The van der Waals surface area contributed by atoms with E-state index in [-0.39, 0.29) is 6.04 Å². The molecule has 18 heavy (non-hydrogen) atoms. The fourth-order valence-corrected chi connectivity index (χ4v) is 1.72. The average molecular weight is 265 g/mol. The molecule has 1 aromatic rings. The Morgan fingerprint density at radius 3 is 3.00 bits per heavy atom. The third kappa shape index (κ3) is 5.75. The largest absolute Gasteiger partial charge is 0.383 e. The molecule has 0 unspecified atom stereocenters. The molecular weight excluding hydrogens is 246 g/mol. The highest BCUT2D eigenvalue weighted by Gasteiger charge is 2.01. The van der Waals surface area contributed by atoms with E-state index in [1.165, 1.54) is 5.56 Å². The molecule has 0 aliphatic rings. The van der Waals surface area contributed by atoms with Gasteiger partial charge in [-0.2, -0.15) is 5.10 Å². The molecule has 0 bridgehead atoms. The van der Waals surface area contributed by atoms with Crippen LogP contribution in [-0.4, -0.2) is 31.1 Å². The number of methoxy groups -OCH3 is 1. The van der Waals surface area contributed by atoms with Crippen molar-refractivity contribution >= 4 is 23.5 Å². The van der Waals surface area contributed by atoms with Crippen molar-refractivity contribution in [1.82, 2.24) is 10.7 Å². The number of rotatable bonds is 5. The van der Waals surface area contributed by atoms with Gasteiger partial charge in [0.25, 0.3) is 0 Å². The fourth-order valence-electron chi connectivity index (χ4n) is 1.46. The van der Waals surface area contributed by atoms with Crippen molar-refractivity contribution in [1.29, 1.82) is 0 Å². The smallest absolute Gasteiger partial charge is 0.187 e. The summed E-state index contributed by atoms with van der Waals surface area (Å²) in [4.78, 5) is 0. The van der Waals surface area contributed by atoms with Gasteiger partial charge in [-0.3, -0.25) is 5.43 Å². The Balaban J connectivity index is 2.38. The normalized spacial score (nSPS) is 12.4. The quantitative estimate of drug-likeness (QED) is 0.484. The Hall–Kier alpha value is -1.46. The molecule has 1 rings (SSSR count). The molecule has 0 aliphatic carbocycles. The van der Waals surface area contributed by atoms with Gasteiger partial charge in [0.2, 0.25) is 0 Å². The first kappa shape index (κ1) is 14.6. The first-order chi connectivity index (χ1) is 8.61. The Morgan fingerprint density at radius 1 is 1.56 bits per heavy atom. The van der Waals surface area contributed by atoms with E-state index in [4.69, 9.17) is 17.0 Å². The summed E-state index contributed by atoms with van der Waals surface area (Å²) in [6.07, 6.45) is 1.74. The Kier molecular flexibility index (Phi) is 6.32. The molecule has 4 nitrogen and oxygen atoms in total. The second-order valence-corrected chi connectivity index (χ2v) is 4.52. The summed E-state index contributed by atoms with van der Waals surface area (Å²) in [5, 5.41) is 7.63. The zero-order valence-corrected chi connectivity index (χ0v) is 11.8. The number of benzene rings is 1. The van der Waals surface area contributed by atoms with E-state index >= 15 is 0 Å². The van der Waals surface area contributed by atoms with E-state index in [9.17, 15) is 0 Å². The van der Waals surface area contributed by atoms with Gasteiger partial charge < -0.3 is 10.1 Å². The number of thiocarbonyl (C=S) groups is 1. The van der Waals surface area contributed by atoms with Crippen LogP contribution >= 0.6 is 12.2 Å². The van der Waals surface area contributed by atoms with Gasteiger partial charge in [0.15, 0.2) is 5.11 Å². The number of aryl methyl sites for hydroxylation is 1. The predicted molar refractivity (Wildman–Crippen MR) is 79.0 cm³/mol. The number of hydrogen-bond acceptors (Lipinski definition) is 3. The lowest BCUT2D eigenvalue weighted by molar-refractivity contribution is 0.179. The predicted octanol–water partition coefficient (Wildman–Crippen LogP) is 1.83. The molecule has 0 aliphatic heterocycles. The monoisotopic (exact) mass is 265 g/mol. The standard InChI is InChI=1S/C13H19N3OS/c1-10-5-4-6-12(7-10)8-14-16-13(18)15-11(2)9-17-3/h4-8,11H,9H2,1-3H3,(H2,15,16,18)/b14-8-/t11-/m0/s1. The summed E-state index contributed by atoms with van der Waals surface area (Å²) in [6.45, 7) is 4.63. The first-order valence-electron chi connectivity index (χ1n) is 5.77. The van der Waals surface area contributed by atoms with Crippen LogP contribution in [0.25, 0.3) is 0 Å². The maximum atomic E-state index is 5.09. The number of hydrazone groups is 1. The number of nitrogens with zero attached hydrogens (tertiary/aromatic N) is 1. The van der Waals surface area contributed by atoms with Gasteiger partial charge in [-0.1, -0.05) is 29.8 Å². The highest BCUT2D eigenvalue weighted by molar-refractivity contribution is 7.80. The third-order valence-electron chi connectivity index (χ3n) is 2.22. The van der Waals surface area contributed by atoms with E-state index in [0.29, 0.717) is 11.7 Å². The van der Waals surface area contributed by atoms with Crippen molar-refractivity contribution in [2.45, 2.75) is 19.9 Å². The summed E-state index contributed by atoms with van der Waals surface area (Å²) in [5.74, 6) is 0. The zero-order chi connectivity index (χ0) is 13.4. The van der Waals surface area contributed by atoms with Gasteiger partial charge in [0, 0.05) is 13.2 Å². The van der Waals surface area contributed by atoms with E-state index in [2.05, 4.69) is 21.9 Å². The minimum absolute atomic E-state index is 0.157. The van der Waals surface area contributed by atoms with Gasteiger partial charge in [-0.25, -0.2) is 0 Å². The molecule has 0 heterocycles. The summed E-state index contributed by atoms with van der Waals surface area (Å²) in [7, 11) is 1.66. The van der Waals surface area contributed by atoms with Crippen LogP contribution in [0.3, 0.4) is 0 Å². The van der Waals surface area contributed by atoms with Crippen LogP contribution in [0.1, 0.15) is 18.1 Å². The lowest BCUT2D eigenvalue weighted by Gasteiger charge is -2.13. The molecule has 0 amide bonds. The zero-order valence-electron chi connectivity index (χ0n) is 10.9. The second kappa shape index (κ2) is 7.79. The molecule has 0 radical (unpaired) electrons. The molecule has 98 valence electrons. The molecule has 2 N–H and O–H groups in total. The van der Waals surface area contributed by atoms with Crippen LogP contribution in [-0.2, 0) is 4.74 Å². The molecule has 1 atom stereocenters. The molecule has 0 fully saturated rings. The molecule has 1 aromatic carbocycles. The SMILES string of the molecule is COC[C@H](C)NC(=S)N/N=C\c1cccc(C)c1. The molecule has 5 heteroatoms. The van der Waals surface area contributed by atoms with Gasteiger partial charge in [0.1, 0.15) is 0 Å². The Bertz CT molecular complexity index is 420. The maximum absolute atomic E-state index is 5.09. The topological polar surface area (TPSA) is 45.6 Å². The van der Waals surface area contributed by atoms with Gasteiger partial charge >= 0.3 is 0 Å². The van der Waals surface area contributed by atoms with Crippen LogP contribution < -0.4 is 10.7 Å². The molecule has 0 saturated heterocycles. The van der Waals surface area contributed by atoms with E-state index < -0.39 is 0 Å². The van der Waals surface area contributed by atoms with Crippen LogP contribution in [0.15, 0.2) is 29.4 Å². The van der Waals surface area contributed by atoms with Crippen molar-refractivity contribution in [3.63, 3.8) is 0 Å². The number of nitrogens with one attached hydrogen (secondary N) is 2. The van der Waals surface area contributed by atoms with E-state index in [0.717, 1.165) is 5.56 Å². The second-order valence-electron chi connectivity index (χ2n) is 4.11. The average Bonchev–Trinajstić information content (AvgIpc) is 2.29. The Labute approximate surface area is 113 Å². The molecule has 0 saturated carbocycles. The van der Waals surface area contributed by atoms with Crippen LogP contribution in [0, 0.1) is 6.92 Å². The molecular formula is C13H19N3OS. The minimum Gasteiger partial charge on any atom is -0.383 e. The van der Waals surface area contributed by atoms with E-state index in [1.54, 1.807) is 13.3 Å². The number of hydrogen-bond donors (Lipinski definition) is 2. The molecule has 0 spiro atoms. The Morgan fingerprint density at radius 2 is 2.33 bits per heavy atom. The van der Waals surface area contributed by atoms with Crippen LogP contribution in [0.4, 0.5) is 0 Å². The van der Waals surface area contributed by atoms with Crippen molar-refractivity contribution in [2.24, 2.45) is 5.10 Å². The summed E-state index contributed by atoms with van der Waals surface area (Å²) < 4.78 is 5.00. The van der Waals surface area contributed by atoms with E-state index in [1.807, 2.05) is 32.0 Å². The minimum atomic E-state index is 0.157. The first-order valence-corrected chi connectivity index (χ1v) is 6.18. The summed E-state index contributed by atoms with van der Waals surface area (Å²) in [5.41, 5.74) is 5.01. The van der Waals surface area contributed by atoms with Crippen LogP contribution in [0.5, 0.6) is 0 Å². The highest BCUT2D eigenvalue weighted by Crippen LogP contribution is 2.00. The third-order valence-corrected chi connectivity index (χ3v) is 2.43. The van der Waals surface area contributed by atoms with Crippen LogP contribution in [0.2, 0.25) is 0 Å². The van der Waals surface area contributed by atoms with Gasteiger partial charge in [-0.15, -0.1) is 0 Å². The number of ether oxygens (including phenoxy) is 1. The summed E-state index contributed by atoms with van der Waals surface area (Å²) in [6, 6.07) is 8.23. The lowest BCUT2D eigenvalue weighted by Crippen LogP contribution is -2.40. The van der Waals surface area contributed by atoms with Crippen molar-refractivity contribution < 1.29 is 4.74 Å². The van der Waals surface area contributed by atoms with Gasteiger partial charge in [0.05, 0.1) is 12.8 Å².